The number of allylic oxidation sites excluding steroid dienone is 4. The second-order valence-electron chi connectivity index (χ2n) is 11.7. The minimum atomic E-state index is -0.634. The molecular formula is C31H52O4S. The summed E-state index contributed by atoms with van der Waals surface area (Å²) in [5.41, 5.74) is 4.02. The lowest BCUT2D eigenvalue weighted by Gasteiger charge is -2.42. The van der Waals surface area contributed by atoms with E-state index in [-0.39, 0.29) is 5.41 Å². The van der Waals surface area contributed by atoms with Crippen LogP contribution in [0.15, 0.2) is 34.9 Å². The monoisotopic (exact) mass is 520 g/mol. The van der Waals surface area contributed by atoms with Crippen molar-refractivity contribution in [3.8, 4) is 0 Å². The molecule has 0 aromatic heterocycles. The highest BCUT2D eigenvalue weighted by Gasteiger charge is 2.46. The first kappa shape index (κ1) is 30.0. The lowest BCUT2D eigenvalue weighted by Crippen LogP contribution is -2.44. The Morgan fingerprint density at radius 2 is 1.86 bits per heavy atom. The summed E-state index contributed by atoms with van der Waals surface area (Å²) in [6, 6.07) is 0. The number of hydrogen-bond donors (Lipinski definition) is 3. The topological polar surface area (TPSA) is 69.9 Å². The van der Waals surface area contributed by atoms with Gasteiger partial charge in [-0.25, -0.2) is 0 Å². The molecule has 3 N–H and O–H groups in total. The molecule has 3 rings (SSSR count). The number of fused-ring (bicyclic) bond motifs is 1. The normalized spacial score (nSPS) is 32.9. The van der Waals surface area contributed by atoms with Crippen LogP contribution in [0, 0.1) is 11.3 Å². The van der Waals surface area contributed by atoms with Crippen molar-refractivity contribution in [2.45, 2.75) is 134 Å². The molecule has 3 aliphatic rings. The average molecular weight is 521 g/mol. The molecule has 0 saturated heterocycles. The molecule has 0 aromatic rings. The van der Waals surface area contributed by atoms with E-state index >= 15 is 0 Å². The first-order valence-electron chi connectivity index (χ1n) is 14.6. The second kappa shape index (κ2) is 13.5. The van der Waals surface area contributed by atoms with Crippen LogP contribution in [-0.2, 0) is 4.74 Å². The maximum atomic E-state index is 10.6. The molecule has 206 valence electrons. The van der Waals surface area contributed by atoms with Gasteiger partial charge in [0.05, 0.1) is 17.8 Å². The summed E-state index contributed by atoms with van der Waals surface area (Å²) >= 11 is 2.05. The Balaban J connectivity index is 1.59. The zero-order valence-corrected chi connectivity index (χ0v) is 24.3. The van der Waals surface area contributed by atoms with Crippen molar-refractivity contribution >= 4 is 11.8 Å². The van der Waals surface area contributed by atoms with E-state index < -0.39 is 23.9 Å². The van der Waals surface area contributed by atoms with E-state index in [1.165, 1.54) is 18.4 Å². The molecule has 0 aliphatic heterocycles. The van der Waals surface area contributed by atoms with Crippen LogP contribution in [0.3, 0.4) is 0 Å². The van der Waals surface area contributed by atoms with Gasteiger partial charge >= 0.3 is 0 Å². The summed E-state index contributed by atoms with van der Waals surface area (Å²) in [4.78, 5) is 0. The third kappa shape index (κ3) is 7.08. The minimum Gasteiger partial charge on any atom is -0.390 e. The quantitative estimate of drug-likeness (QED) is 0.196. The van der Waals surface area contributed by atoms with Crippen LogP contribution in [0.1, 0.15) is 105 Å². The van der Waals surface area contributed by atoms with E-state index in [4.69, 9.17) is 4.74 Å². The number of thioether (sulfide) groups is 1. The Morgan fingerprint density at radius 1 is 1.17 bits per heavy atom. The molecule has 5 heteroatoms. The highest BCUT2D eigenvalue weighted by molar-refractivity contribution is 8.00. The summed E-state index contributed by atoms with van der Waals surface area (Å²) in [7, 11) is 0. The number of hydrogen-bond acceptors (Lipinski definition) is 5. The molecule has 4 nitrogen and oxygen atoms in total. The fourth-order valence-corrected chi connectivity index (χ4v) is 7.99. The molecule has 0 bridgehead atoms. The Hall–Kier alpha value is -0.590. The van der Waals surface area contributed by atoms with Gasteiger partial charge in [-0.15, -0.1) is 0 Å². The van der Waals surface area contributed by atoms with Gasteiger partial charge in [-0.05, 0) is 94.6 Å². The molecule has 3 aliphatic carbocycles. The van der Waals surface area contributed by atoms with Crippen LogP contribution in [0.4, 0.5) is 0 Å². The van der Waals surface area contributed by atoms with Crippen molar-refractivity contribution in [1.29, 1.82) is 0 Å². The summed E-state index contributed by atoms with van der Waals surface area (Å²) in [6.45, 7) is 11.6. The summed E-state index contributed by atoms with van der Waals surface area (Å²) < 4.78 is 5.70. The van der Waals surface area contributed by atoms with Crippen molar-refractivity contribution < 1.29 is 20.1 Å². The molecule has 0 spiro atoms. The second-order valence-corrected chi connectivity index (χ2v) is 13.2. The van der Waals surface area contributed by atoms with Gasteiger partial charge < -0.3 is 20.1 Å². The lowest BCUT2D eigenvalue weighted by molar-refractivity contribution is -0.109. The zero-order valence-electron chi connectivity index (χ0n) is 23.5. The first-order chi connectivity index (χ1) is 17.2. The molecule has 5 atom stereocenters. The summed E-state index contributed by atoms with van der Waals surface area (Å²) in [6.07, 6.45) is 15.7. The van der Waals surface area contributed by atoms with Crippen molar-refractivity contribution in [2.75, 3.05) is 12.4 Å². The molecule has 2 fully saturated rings. The third-order valence-corrected chi connectivity index (χ3v) is 10.5. The molecule has 0 radical (unpaired) electrons. The number of ether oxygens (including phenoxy) is 1. The summed E-state index contributed by atoms with van der Waals surface area (Å²) in [5.74, 6) is 1.66. The lowest BCUT2D eigenvalue weighted by atomic mass is 9.64. The van der Waals surface area contributed by atoms with E-state index in [1.54, 1.807) is 5.57 Å². The molecule has 2 unspecified atom stereocenters. The van der Waals surface area contributed by atoms with Gasteiger partial charge in [-0.1, -0.05) is 62.6 Å². The van der Waals surface area contributed by atoms with E-state index in [2.05, 4.69) is 57.7 Å². The largest absolute Gasteiger partial charge is 0.390 e. The van der Waals surface area contributed by atoms with Gasteiger partial charge in [0.2, 0.25) is 0 Å². The van der Waals surface area contributed by atoms with Crippen molar-refractivity contribution in [3.05, 3.63) is 34.9 Å². The van der Waals surface area contributed by atoms with Gasteiger partial charge in [0, 0.05) is 11.9 Å². The number of aliphatic hydroxyl groups excluding tert-OH is 2. The Kier molecular flexibility index (Phi) is 11.2. The maximum Gasteiger partial charge on any atom is 0.110 e. The summed E-state index contributed by atoms with van der Waals surface area (Å²) in [5, 5.41) is 32.2. The highest BCUT2D eigenvalue weighted by Crippen LogP contribution is 2.56. The molecule has 2 saturated carbocycles. The first-order valence-corrected chi connectivity index (χ1v) is 15.6. The highest BCUT2D eigenvalue weighted by atomic mass is 32.2. The fourth-order valence-electron chi connectivity index (χ4n) is 6.78. The minimum absolute atomic E-state index is 0.229. The van der Waals surface area contributed by atoms with Gasteiger partial charge in [0.1, 0.15) is 6.10 Å². The molecule has 0 amide bonds. The predicted molar refractivity (Wildman–Crippen MR) is 152 cm³/mol. The van der Waals surface area contributed by atoms with Crippen LogP contribution in [0.5, 0.6) is 0 Å². The average Bonchev–Trinajstić information content (AvgIpc) is 3.22. The van der Waals surface area contributed by atoms with Crippen molar-refractivity contribution in [3.63, 3.8) is 0 Å². The third-order valence-electron chi connectivity index (χ3n) is 9.27. The molecule has 36 heavy (non-hydrogen) atoms. The van der Waals surface area contributed by atoms with Gasteiger partial charge in [-0.2, -0.15) is 11.8 Å². The van der Waals surface area contributed by atoms with E-state index in [0.29, 0.717) is 30.6 Å². The van der Waals surface area contributed by atoms with Crippen LogP contribution >= 0.6 is 11.8 Å². The maximum absolute atomic E-state index is 10.6. The van der Waals surface area contributed by atoms with Gasteiger partial charge in [0.25, 0.3) is 0 Å². The van der Waals surface area contributed by atoms with E-state index in [0.717, 1.165) is 56.3 Å². The Labute approximate surface area is 224 Å². The molecule has 0 heterocycles. The predicted octanol–water partition coefficient (Wildman–Crippen LogP) is 6.74. The Morgan fingerprint density at radius 3 is 2.50 bits per heavy atom. The van der Waals surface area contributed by atoms with E-state index in [1.807, 2.05) is 6.92 Å². The van der Waals surface area contributed by atoms with Crippen molar-refractivity contribution in [2.24, 2.45) is 11.3 Å². The molecule has 0 aromatic carbocycles. The fraction of sp³-hybridized carbons (Fsp3) is 0.806. The molecular weight excluding hydrogens is 468 g/mol. The number of rotatable bonds is 12. The Bertz CT molecular complexity index is 784. The smallest absolute Gasteiger partial charge is 0.110 e. The van der Waals surface area contributed by atoms with Gasteiger partial charge in [0.15, 0.2) is 0 Å². The van der Waals surface area contributed by atoms with Crippen LogP contribution in [0.25, 0.3) is 0 Å². The SMILES string of the molecule is CCCOC1[C@H](O)CC(=C/C=C2\CCC[C@]3(C)C(C(C)SCCCC(O)(CC)CC)=CCC23)C[C@H]1O. The van der Waals surface area contributed by atoms with E-state index in [9.17, 15) is 15.3 Å². The van der Waals surface area contributed by atoms with Crippen LogP contribution < -0.4 is 0 Å². The van der Waals surface area contributed by atoms with Crippen LogP contribution in [0.2, 0.25) is 0 Å². The van der Waals surface area contributed by atoms with Gasteiger partial charge in [-0.3, -0.25) is 0 Å². The van der Waals surface area contributed by atoms with Crippen LogP contribution in [-0.4, -0.2) is 56.8 Å². The standard InChI is InChI=1S/C31H52O4S/c1-6-18-35-29-27(32)20-23(21-28(29)33)12-13-24-11-9-16-30(5)25(14-15-26(24)30)22(4)36-19-10-17-31(34,7-2)8-3/h12-14,22,26-29,32-34H,6-11,15-21H2,1-5H3/b23-12?,24-13+/t22?,26?,27-,28-,29?,30-/m1/s1. The van der Waals surface area contributed by atoms with Crippen molar-refractivity contribution in [1.82, 2.24) is 0 Å². The zero-order chi connectivity index (χ0) is 26.3. The number of aliphatic hydroxyl groups is 3.